The number of ether oxygens (including phenoxy) is 1. The molecule has 0 unspecified atom stereocenters. The van der Waals surface area contributed by atoms with Crippen LogP contribution in [0.4, 0.5) is 0 Å². The molecule has 3 aromatic rings. The van der Waals surface area contributed by atoms with E-state index in [2.05, 4.69) is 14.9 Å². The second-order valence-electron chi connectivity index (χ2n) is 4.79. The van der Waals surface area contributed by atoms with Gasteiger partial charge >= 0.3 is 5.97 Å². The van der Waals surface area contributed by atoms with E-state index in [-0.39, 0.29) is 5.76 Å². The lowest BCUT2D eigenvalue weighted by molar-refractivity contribution is 0.0563. The van der Waals surface area contributed by atoms with Gasteiger partial charge in [-0.2, -0.15) is 0 Å². The van der Waals surface area contributed by atoms with E-state index in [1.54, 1.807) is 12.1 Å². The molecule has 0 saturated carbocycles. The van der Waals surface area contributed by atoms with Crippen LogP contribution in [0.25, 0.3) is 11.5 Å². The van der Waals surface area contributed by atoms with E-state index < -0.39 is 5.97 Å². The van der Waals surface area contributed by atoms with Gasteiger partial charge in [-0.05, 0) is 31.2 Å². The van der Waals surface area contributed by atoms with Gasteiger partial charge in [-0.1, -0.05) is 29.5 Å². The molecule has 0 radical (unpaired) electrons. The molecule has 0 fully saturated rings. The minimum Gasteiger partial charge on any atom is -0.463 e. The zero-order valence-corrected chi connectivity index (χ0v) is 13.4. The molecule has 23 heavy (non-hydrogen) atoms. The normalized spacial score (nSPS) is 10.7. The summed E-state index contributed by atoms with van der Waals surface area (Å²) in [6.07, 6.45) is 0. The highest BCUT2D eigenvalue weighted by Gasteiger charge is 2.13. The number of aryl methyl sites for hydroxylation is 1. The van der Waals surface area contributed by atoms with Crippen molar-refractivity contribution in [2.24, 2.45) is 0 Å². The molecule has 1 aromatic carbocycles. The van der Waals surface area contributed by atoms with Crippen molar-refractivity contribution < 1.29 is 18.4 Å². The van der Waals surface area contributed by atoms with E-state index in [1.165, 1.54) is 18.9 Å². The number of nitrogens with zero attached hydrogens (tertiary/aromatic N) is 2. The minimum absolute atomic E-state index is 0.175. The summed E-state index contributed by atoms with van der Waals surface area (Å²) in [5.41, 5.74) is 2.01. The first-order chi connectivity index (χ1) is 11.2. The number of furan rings is 1. The summed E-state index contributed by atoms with van der Waals surface area (Å²) in [6.45, 7) is 2.01. The lowest BCUT2D eigenvalue weighted by Gasteiger charge is -1.96. The SMILES string of the molecule is COC(=O)c1ccc(CSc2nnc(-c3cccc(C)c3)o2)o1. The Hall–Kier alpha value is -2.54. The molecule has 118 valence electrons. The average molecular weight is 330 g/mol. The molecule has 0 amide bonds. The molecule has 0 aliphatic heterocycles. The van der Waals surface area contributed by atoms with Gasteiger partial charge in [0, 0.05) is 5.56 Å². The molecule has 0 atom stereocenters. The van der Waals surface area contributed by atoms with E-state index in [9.17, 15) is 4.79 Å². The molecule has 0 spiro atoms. The first kappa shape index (κ1) is 15.4. The summed E-state index contributed by atoms with van der Waals surface area (Å²) in [4.78, 5) is 11.3. The number of esters is 1. The van der Waals surface area contributed by atoms with Gasteiger partial charge in [0.15, 0.2) is 0 Å². The zero-order valence-electron chi connectivity index (χ0n) is 12.6. The number of carbonyl (C=O) groups excluding carboxylic acids is 1. The summed E-state index contributed by atoms with van der Waals surface area (Å²) < 4.78 is 15.6. The minimum atomic E-state index is -0.499. The van der Waals surface area contributed by atoms with Crippen LogP contribution in [0.5, 0.6) is 0 Å². The van der Waals surface area contributed by atoms with Crippen LogP contribution in [0.1, 0.15) is 21.9 Å². The average Bonchev–Trinajstić information content (AvgIpc) is 3.21. The van der Waals surface area contributed by atoms with Gasteiger partial charge < -0.3 is 13.6 Å². The number of benzene rings is 1. The van der Waals surface area contributed by atoms with E-state index in [4.69, 9.17) is 8.83 Å². The molecule has 6 nitrogen and oxygen atoms in total. The number of hydrogen-bond donors (Lipinski definition) is 0. The molecule has 0 saturated heterocycles. The fourth-order valence-electron chi connectivity index (χ4n) is 1.96. The van der Waals surface area contributed by atoms with Crippen molar-refractivity contribution >= 4 is 17.7 Å². The topological polar surface area (TPSA) is 78.4 Å². The molecule has 2 aromatic heterocycles. The molecular formula is C16H14N2O4S. The number of methoxy groups -OCH3 is 1. The standard InChI is InChI=1S/C16H14N2O4S/c1-10-4-3-5-11(8-10)14-17-18-16(22-14)23-9-12-6-7-13(21-12)15(19)20-2/h3-8H,9H2,1-2H3. The number of carbonyl (C=O) groups is 1. The number of aromatic nitrogens is 2. The van der Waals surface area contributed by atoms with Crippen LogP contribution in [-0.2, 0) is 10.5 Å². The number of hydrogen-bond acceptors (Lipinski definition) is 7. The second-order valence-corrected chi connectivity index (χ2v) is 5.72. The summed E-state index contributed by atoms with van der Waals surface area (Å²) >= 11 is 1.34. The van der Waals surface area contributed by atoms with Crippen LogP contribution < -0.4 is 0 Å². The first-order valence-electron chi connectivity index (χ1n) is 6.86. The highest BCUT2D eigenvalue weighted by Crippen LogP contribution is 2.26. The van der Waals surface area contributed by atoms with Crippen molar-refractivity contribution in [1.82, 2.24) is 10.2 Å². The van der Waals surface area contributed by atoms with Crippen molar-refractivity contribution in [3.63, 3.8) is 0 Å². The third-order valence-electron chi connectivity index (χ3n) is 3.06. The number of rotatable bonds is 5. The van der Waals surface area contributed by atoms with Gasteiger partial charge in [-0.3, -0.25) is 0 Å². The Morgan fingerprint density at radius 3 is 2.87 bits per heavy atom. The maximum Gasteiger partial charge on any atom is 0.373 e. The van der Waals surface area contributed by atoms with Gasteiger partial charge in [0.1, 0.15) is 5.76 Å². The van der Waals surface area contributed by atoms with Gasteiger partial charge in [-0.15, -0.1) is 10.2 Å². The van der Waals surface area contributed by atoms with Crippen LogP contribution in [0.3, 0.4) is 0 Å². The largest absolute Gasteiger partial charge is 0.463 e. The maximum absolute atomic E-state index is 11.3. The smallest absolute Gasteiger partial charge is 0.373 e. The Balaban J connectivity index is 1.65. The van der Waals surface area contributed by atoms with Crippen molar-refractivity contribution in [3.8, 4) is 11.5 Å². The van der Waals surface area contributed by atoms with Crippen LogP contribution >= 0.6 is 11.8 Å². The molecule has 2 heterocycles. The Morgan fingerprint density at radius 1 is 1.22 bits per heavy atom. The van der Waals surface area contributed by atoms with E-state index >= 15 is 0 Å². The molecule has 0 bridgehead atoms. The van der Waals surface area contributed by atoms with Gasteiger partial charge in [0.2, 0.25) is 11.7 Å². The monoisotopic (exact) mass is 330 g/mol. The number of thioether (sulfide) groups is 1. The van der Waals surface area contributed by atoms with Gasteiger partial charge in [0.25, 0.3) is 5.22 Å². The zero-order chi connectivity index (χ0) is 16.2. The van der Waals surface area contributed by atoms with Crippen molar-refractivity contribution in [3.05, 3.63) is 53.5 Å². The summed E-state index contributed by atoms with van der Waals surface area (Å²) in [5, 5.41) is 8.49. The molecule has 3 rings (SSSR count). The van der Waals surface area contributed by atoms with Crippen molar-refractivity contribution in [2.75, 3.05) is 7.11 Å². The Bertz CT molecular complexity index is 825. The van der Waals surface area contributed by atoms with Crippen molar-refractivity contribution in [1.29, 1.82) is 0 Å². The molecule has 0 aliphatic rings. The lowest BCUT2D eigenvalue weighted by atomic mass is 10.1. The molecular weight excluding hydrogens is 316 g/mol. The molecule has 0 N–H and O–H groups in total. The fraction of sp³-hybridized carbons (Fsp3) is 0.188. The van der Waals surface area contributed by atoms with E-state index in [0.717, 1.165) is 11.1 Å². The third-order valence-corrected chi connectivity index (χ3v) is 3.90. The highest BCUT2D eigenvalue weighted by atomic mass is 32.2. The Labute approximate surface area is 136 Å². The Morgan fingerprint density at radius 2 is 2.09 bits per heavy atom. The van der Waals surface area contributed by atoms with Crippen LogP contribution in [0.2, 0.25) is 0 Å². The van der Waals surface area contributed by atoms with E-state index in [1.807, 2.05) is 31.2 Å². The molecule has 0 aliphatic carbocycles. The summed E-state index contributed by atoms with van der Waals surface area (Å²) in [6, 6.07) is 11.1. The highest BCUT2D eigenvalue weighted by molar-refractivity contribution is 7.98. The fourth-order valence-corrected chi connectivity index (χ4v) is 2.62. The second kappa shape index (κ2) is 6.70. The summed E-state index contributed by atoms with van der Waals surface area (Å²) in [5.74, 6) is 1.26. The molecule has 7 heteroatoms. The van der Waals surface area contributed by atoms with E-state index in [0.29, 0.717) is 22.6 Å². The Kier molecular flexibility index (Phi) is 4.47. The summed E-state index contributed by atoms with van der Waals surface area (Å²) in [7, 11) is 1.31. The van der Waals surface area contributed by atoms with Gasteiger partial charge in [-0.25, -0.2) is 4.79 Å². The van der Waals surface area contributed by atoms with Crippen LogP contribution in [0.15, 0.2) is 50.5 Å². The van der Waals surface area contributed by atoms with Gasteiger partial charge in [0.05, 0.1) is 12.9 Å². The third kappa shape index (κ3) is 3.62. The first-order valence-corrected chi connectivity index (χ1v) is 7.84. The predicted molar refractivity (Wildman–Crippen MR) is 84.1 cm³/mol. The predicted octanol–water partition coefficient (Wildman–Crippen LogP) is 3.72. The maximum atomic E-state index is 11.3. The quantitative estimate of drug-likeness (QED) is 0.521. The van der Waals surface area contributed by atoms with Crippen LogP contribution in [0, 0.1) is 6.92 Å². The lowest BCUT2D eigenvalue weighted by Crippen LogP contribution is -1.98. The van der Waals surface area contributed by atoms with Crippen molar-refractivity contribution in [2.45, 2.75) is 17.9 Å². The van der Waals surface area contributed by atoms with Crippen LogP contribution in [-0.4, -0.2) is 23.3 Å².